The van der Waals surface area contributed by atoms with Gasteiger partial charge in [0.15, 0.2) is 0 Å². The molecule has 23 heavy (non-hydrogen) atoms. The molecule has 0 bridgehead atoms. The van der Waals surface area contributed by atoms with Crippen molar-refractivity contribution in [3.63, 3.8) is 0 Å². The van der Waals surface area contributed by atoms with Crippen LogP contribution in [0.4, 0.5) is 5.69 Å². The Hall–Kier alpha value is -1.46. The highest BCUT2D eigenvalue weighted by Gasteiger charge is 2.28. The van der Waals surface area contributed by atoms with Crippen LogP contribution in [0.3, 0.4) is 0 Å². The molecule has 0 aromatic heterocycles. The van der Waals surface area contributed by atoms with E-state index >= 15 is 0 Å². The van der Waals surface area contributed by atoms with Gasteiger partial charge in [0.05, 0.1) is 20.8 Å². The van der Waals surface area contributed by atoms with E-state index in [0.717, 1.165) is 44.3 Å². The predicted molar refractivity (Wildman–Crippen MR) is 91.7 cm³/mol. The molecule has 5 heteroatoms. The van der Waals surface area contributed by atoms with Crippen LogP contribution in [0.5, 0.6) is 11.5 Å². The molecule has 2 fully saturated rings. The second-order valence-electron chi connectivity index (χ2n) is 6.63. The summed E-state index contributed by atoms with van der Waals surface area (Å²) in [5, 5.41) is 0. The van der Waals surface area contributed by atoms with Crippen molar-refractivity contribution in [2.45, 2.75) is 18.9 Å². The summed E-state index contributed by atoms with van der Waals surface area (Å²) in [5.41, 5.74) is 1.18. The average molecular weight is 320 g/mol. The molecule has 128 valence electrons. The van der Waals surface area contributed by atoms with Gasteiger partial charge in [0.2, 0.25) is 0 Å². The minimum Gasteiger partial charge on any atom is -0.497 e. The fourth-order valence-corrected chi connectivity index (χ4v) is 3.59. The second-order valence-corrected chi connectivity index (χ2v) is 6.63. The number of methoxy groups -OCH3 is 2. The van der Waals surface area contributed by atoms with Crippen molar-refractivity contribution in [1.29, 1.82) is 0 Å². The Morgan fingerprint density at radius 2 is 1.91 bits per heavy atom. The third-order valence-electron chi connectivity index (χ3n) is 5.06. The van der Waals surface area contributed by atoms with Crippen LogP contribution in [0, 0.1) is 5.92 Å². The zero-order chi connectivity index (χ0) is 16.2. The molecule has 2 saturated heterocycles. The average Bonchev–Trinajstić information content (AvgIpc) is 3.25. The lowest BCUT2D eigenvalue weighted by atomic mass is 10.1. The smallest absolute Gasteiger partial charge is 0.124 e. The van der Waals surface area contributed by atoms with E-state index in [1.54, 1.807) is 14.2 Å². The summed E-state index contributed by atoms with van der Waals surface area (Å²) in [6.45, 7) is 5.12. The van der Waals surface area contributed by atoms with E-state index in [9.17, 15) is 0 Å². The largest absolute Gasteiger partial charge is 0.497 e. The molecule has 0 unspecified atom stereocenters. The van der Waals surface area contributed by atoms with E-state index in [4.69, 9.17) is 14.2 Å². The van der Waals surface area contributed by atoms with Gasteiger partial charge in [0, 0.05) is 56.2 Å². The molecule has 0 amide bonds. The zero-order valence-corrected chi connectivity index (χ0v) is 14.5. The van der Waals surface area contributed by atoms with Gasteiger partial charge < -0.3 is 24.0 Å². The monoisotopic (exact) mass is 320 g/mol. The standard InChI is InChI=1S/C18H28N2O3/c1-19(11-14-5-7-23-13-14)15-4-6-20(12-15)16-8-17(21-2)10-18(9-16)22-3/h8-10,14-15H,4-7,11-13H2,1-3H3/t14-,15-/m0/s1. The summed E-state index contributed by atoms with van der Waals surface area (Å²) in [5.74, 6) is 2.39. The first kappa shape index (κ1) is 16.4. The Morgan fingerprint density at radius 1 is 1.17 bits per heavy atom. The Morgan fingerprint density at radius 3 is 2.52 bits per heavy atom. The lowest BCUT2D eigenvalue weighted by Gasteiger charge is -2.27. The van der Waals surface area contributed by atoms with Crippen LogP contribution in [0.15, 0.2) is 18.2 Å². The SMILES string of the molecule is COc1cc(OC)cc(N2CC[C@H](N(C)C[C@@H]3CCOC3)C2)c1. The maximum absolute atomic E-state index is 5.50. The highest BCUT2D eigenvalue weighted by atomic mass is 16.5. The molecule has 2 aliphatic heterocycles. The van der Waals surface area contributed by atoms with E-state index in [-0.39, 0.29) is 0 Å². The van der Waals surface area contributed by atoms with E-state index < -0.39 is 0 Å². The number of hydrogen-bond acceptors (Lipinski definition) is 5. The van der Waals surface area contributed by atoms with Crippen LogP contribution in [-0.4, -0.2) is 65.1 Å². The number of benzene rings is 1. The van der Waals surface area contributed by atoms with Crippen molar-refractivity contribution in [1.82, 2.24) is 4.90 Å². The van der Waals surface area contributed by atoms with Crippen molar-refractivity contribution in [2.24, 2.45) is 5.92 Å². The van der Waals surface area contributed by atoms with Crippen molar-refractivity contribution in [2.75, 3.05) is 59.0 Å². The van der Waals surface area contributed by atoms with Gasteiger partial charge >= 0.3 is 0 Å². The van der Waals surface area contributed by atoms with Crippen LogP contribution < -0.4 is 14.4 Å². The second kappa shape index (κ2) is 7.41. The molecule has 0 aliphatic carbocycles. The van der Waals surface area contributed by atoms with E-state index in [2.05, 4.69) is 29.0 Å². The number of nitrogens with zero attached hydrogens (tertiary/aromatic N) is 2. The van der Waals surface area contributed by atoms with Crippen molar-refractivity contribution < 1.29 is 14.2 Å². The van der Waals surface area contributed by atoms with Crippen LogP contribution in [-0.2, 0) is 4.74 Å². The zero-order valence-electron chi connectivity index (χ0n) is 14.5. The molecule has 0 N–H and O–H groups in total. The molecular weight excluding hydrogens is 292 g/mol. The van der Waals surface area contributed by atoms with Crippen LogP contribution in [0.1, 0.15) is 12.8 Å². The first-order valence-electron chi connectivity index (χ1n) is 8.45. The molecule has 2 atom stereocenters. The summed E-state index contributed by atoms with van der Waals surface area (Å²) < 4.78 is 16.3. The van der Waals surface area contributed by atoms with Crippen molar-refractivity contribution in [3.8, 4) is 11.5 Å². The van der Waals surface area contributed by atoms with Crippen LogP contribution >= 0.6 is 0 Å². The lowest BCUT2D eigenvalue weighted by molar-refractivity contribution is 0.164. The van der Waals surface area contributed by atoms with Crippen molar-refractivity contribution in [3.05, 3.63) is 18.2 Å². The molecular formula is C18H28N2O3. The molecule has 0 saturated carbocycles. The maximum Gasteiger partial charge on any atom is 0.124 e. The Labute approximate surface area is 139 Å². The molecule has 0 spiro atoms. The molecule has 3 rings (SSSR count). The third kappa shape index (κ3) is 3.90. The normalized spacial score (nSPS) is 24.4. The highest BCUT2D eigenvalue weighted by molar-refractivity contribution is 5.56. The van der Waals surface area contributed by atoms with Gasteiger partial charge in [-0.1, -0.05) is 0 Å². The number of likely N-dealkylation sites (N-methyl/N-ethyl adjacent to an activating group) is 1. The molecule has 1 aromatic rings. The number of rotatable bonds is 6. The molecule has 5 nitrogen and oxygen atoms in total. The lowest BCUT2D eigenvalue weighted by Crippen LogP contribution is -2.37. The van der Waals surface area contributed by atoms with Gasteiger partial charge in [-0.15, -0.1) is 0 Å². The minimum absolute atomic E-state index is 0.604. The Bertz CT molecular complexity index is 495. The van der Waals surface area contributed by atoms with Crippen LogP contribution in [0.25, 0.3) is 0 Å². The summed E-state index contributed by atoms with van der Waals surface area (Å²) in [4.78, 5) is 4.94. The fourth-order valence-electron chi connectivity index (χ4n) is 3.59. The third-order valence-corrected chi connectivity index (χ3v) is 5.06. The van der Waals surface area contributed by atoms with Crippen molar-refractivity contribution >= 4 is 5.69 Å². The van der Waals surface area contributed by atoms with Gasteiger partial charge in [-0.3, -0.25) is 0 Å². The van der Waals surface area contributed by atoms with E-state index in [0.29, 0.717) is 12.0 Å². The first-order chi connectivity index (χ1) is 11.2. The summed E-state index contributed by atoms with van der Waals surface area (Å²) in [6.07, 6.45) is 2.40. The van der Waals surface area contributed by atoms with Gasteiger partial charge in [-0.25, -0.2) is 0 Å². The Balaban J connectivity index is 1.62. The Kier molecular flexibility index (Phi) is 5.28. The summed E-state index contributed by atoms with van der Waals surface area (Å²) in [6, 6.07) is 6.71. The predicted octanol–water partition coefficient (Wildman–Crippen LogP) is 2.25. The number of ether oxygens (including phenoxy) is 3. The molecule has 0 radical (unpaired) electrons. The van der Waals surface area contributed by atoms with E-state index in [1.165, 1.54) is 18.5 Å². The number of hydrogen-bond donors (Lipinski definition) is 0. The highest BCUT2D eigenvalue weighted by Crippen LogP contribution is 2.31. The van der Waals surface area contributed by atoms with Gasteiger partial charge in [-0.2, -0.15) is 0 Å². The molecule has 2 aliphatic rings. The van der Waals surface area contributed by atoms with E-state index in [1.807, 2.05) is 6.07 Å². The molecule has 1 aromatic carbocycles. The summed E-state index contributed by atoms with van der Waals surface area (Å²) in [7, 11) is 5.64. The maximum atomic E-state index is 5.50. The van der Waals surface area contributed by atoms with Gasteiger partial charge in [0.25, 0.3) is 0 Å². The van der Waals surface area contributed by atoms with Crippen LogP contribution in [0.2, 0.25) is 0 Å². The van der Waals surface area contributed by atoms with Gasteiger partial charge in [-0.05, 0) is 25.8 Å². The fraction of sp³-hybridized carbons (Fsp3) is 0.667. The van der Waals surface area contributed by atoms with Gasteiger partial charge in [0.1, 0.15) is 11.5 Å². The quantitative estimate of drug-likeness (QED) is 0.803. The molecule has 2 heterocycles. The minimum atomic E-state index is 0.604. The first-order valence-corrected chi connectivity index (χ1v) is 8.45. The topological polar surface area (TPSA) is 34.2 Å². The number of anilines is 1. The summed E-state index contributed by atoms with van der Waals surface area (Å²) >= 11 is 0.